The number of amides is 3. The molecular weight excluding hydrogens is 414 g/mol. The standard InChI is InChI=1S/C20H20ClN3O4S/c1-11-17(18(23-28-11)12-6-2-3-7-13(12)21)19(26)22-14-8-4-5-9-15(14)24-16(25)10-29-20(24)27/h2-3,6-7,14-15H,4-5,8-10H2,1H3,(H,22,26). The van der Waals surface area contributed by atoms with E-state index in [1.165, 1.54) is 4.90 Å². The second-order valence-corrected chi connectivity index (χ2v) is 8.53. The van der Waals surface area contributed by atoms with Gasteiger partial charge >= 0.3 is 0 Å². The summed E-state index contributed by atoms with van der Waals surface area (Å²) < 4.78 is 5.28. The van der Waals surface area contributed by atoms with E-state index in [2.05, 4.69) is 10.5 Å². The molecule has 152 valence electrons. The number of hydrogen-bond donors (Lipinski definition) is 1. The summed E-state index contributed by atoms with van der Waals surface area (Å²) in [4.78, 5) is 38.9. The molecule has 1 aliphatic carbocycles. The van der Waals surface area contributed by atoms with Crippen LogP contribution in [0.1, 0.15) is 41.8 Å². The molecule has 1 saturated heterocycles. The Morgan fingerprint density at radius 1 is 1.28 bits per heavy atom. The van der Waals surface area contributed by atoms with Gasteiger partial charge in [0.2, 0.25) is 5.91 Å². The smallest absolute Gasteiger partial charge is 0.289 e. The predicted octanol–water partition coefficient (Wildman–Crippen LogP) is 4.04. The van der Waals surface area contributed by atoms with Crippen LogP contribution in [0.15, 0.2) is 28.8 Å². The molecule has 2 aromatic rings. The lowest BCUT2D eigenvalue weighted by molar-refractivity contribution is -0.127. The van der Waals surface area contributed by atoms with Crippen LogP contribution in [0.3, 0.4) is 0 Å². The molecule has 1 aromatic heterocycles. The average Bonchev–Trinajstić information content (AvgIpc) is 3.25. The Bertz CT molecular complexity index is 960. The molecule has 2 atom stereocenters. The molecule has 0 radical (unpaired) electrons. The predicted molar refractivity (Wildman–Crippen MR) is 110 cm³/mol. The van der Waals surface area contributed by atoms with Crippen LogP contribution in [0, 0.1) is 6.92 Å². The maximum absolute atomic E-state index is 13.2. The third-order valence-electron chi connectivity index (χ3n) is 5.38. The van der Waals surface area contributed by atoms with Gasteiger partial charge in [0.15, 0.2) is 0 Å². The van der Waals surface area contributed by atoms with Crippen LogP contribution in [0.5, 0.6) is 0 Å². The summed E-state index contributed by atoms with van der Waals surface area (Å²) in [7, 11) is 0. The number of nitrogens with zero attached hydrogens (tertiary/aromatic N) is 2. The normalized spacial score (nSPS) is 22.2. The van der Waals surface area contributed by atoms with E-state index in [1.54, 1.807) is 25.1 Å². The Morgan fingerprint density at radius 2 is 2.03 bits per heavy atom. The Balaban J connectivity index is 1.61. The van der Waals surface area contributed by atoms with Crippen molar-refractivity contribution in [1.82, 2.24) is 15.4 Å². The molecule has 0 spiro atoms. The zero-order valence-electron chi connectivity index (χ0n) is 15.8. The fraction of sp³-hybridized carbons (Fsp3) is 0.400. The number of aryl methyl sites for hydroxylation is 1. The molecule has 1 saturated carbocycles. The zero-order valence-corrected chi connectivity index (χ0v) is 17.4. The van der Waals surface area contributed by atoms with E-state index in [0.717, 1.165) is 24.6 Å². The van der Waals surface area contributed by atoms with Gasteiger partial charge in [0.05, 0.1) is 22.9 Å². The van der Waals surface area contributed by atoms with Crippen LogP contribution in [0.25, 0.3) is 11.3 Å². The van der Waals surface area contributed by atoms with Gasteiger partial charge in [0, 0.05) is 5.56 Å². The van der Waals surface area contributed by atoms with Gasteiger partial charge < -0.3 is 9.84 Å². The Morgan fingerprint density at radius 3 is 2.76 bits per heavy atom. The van der Waals surface area contributed by atoms with Crippen LogP contribution in [-0.4, -0.2) is 44.9 Å². The molecule has 3 amide bonds. The van der Waals surface area contributed by atoms with E-state index in [-0.39, 0.29) is 34.9 Å². The summed E-state index contributed by atoms with van der Waals surface area (Å²) in [6.45, 7) is 1.67. The van der Waals surface area contributed by atoms with Crippen LogP contribution in [0.4, 0.5) is 4.79 Å². The Hall–Kier alpha value is -2.32. The Labute approximate surface area is 177 Å². The van der Waals surface area contributed by atoms with E-state index in [4.69, 9.17) is 16.1 Å². The maximum atomic E-state index is 13.2. The summed E-state index contributed by atoms with van der Waals surface area (Å²) in [5.74, 6) is 0.0114. The molecule has 1 N–H and O–H groups in total. The third-order valence-corrected chi connectivity index (χ3v) is 6.55. The average molecular weight is 434 g/mol. The van der Waals surface area contributed by atoms with Gasteiger partial charge in [-0.2, -0.15) is 0 Å². The fourth-order valence-electron chi connectivity index (χ4n) is 3.99. The summed E-state index contributed by atoms with van der Waals surface area (Å²) in [6.07, 6.45) is 3.22. The lowest BCUT2D eigenvalue weighted by Gasteiger charge is -2.36. The highest BCUT2D eigenvalue weighted by Gasteiger charge is 2.41. The van der Waals surface area contributed by atoms with Gasteiger partial charge in [-0.25, -0.2) is 0 Å². The zero-order chi connectivity index (χ0) is 20.5. The monoisotopic (exact) mass is 433 g/mol. The van der Waals surface area contributed by atoms with Crippen molar-refractivity contribution in [2.75, 3.05) is 5.75 Å². The number of nitrogens with one attached hydrogen (secondary N) is 1. The summed E-state index contributed by atoms with van der Waals surface area (Å²) in [5.41, 5.74) is 1.30. The van der Waals surface area contributed by atoms with Gasteiger partial charge in [-0.1, -0.05) is 59.6 Å². The van der Waals surface area contributed by atoms with Gasteiger partial charge in [-0.05, 0) is 25.8 Å². The van der Waals surface area contributed by atoms with Crippen molar-refractivity contribution in [3.05, 3.63) is 40.6 Å². The van der Waals surface area contributed by atoms with Crippen molar-refractivity contribution < 1.29 is 18.9 Å². The molecule has 4 rings (SSSR count). The molecule has 2 aliphatic rings. The fourth-order valence-corrected chi connectivity index (χ4v) is 4.98. The second-order valence-electron chi connectivity index (χ2n) is 7.19. The minimum atomic E-state index is -0.345. The molecule has 2 heterocycles. The van der Waals surface area contributed by atoms with Gasteiger partial charge in [-0.15, -0.1) is 0 Å². The molecule has 29 heavy (non-hydrogen) atoms. The molecule has 0 bridgehead atoms. The summed E-state index contributed by atoms with van der Waals surface area (Å²) >= 11 is 7.30. The van der Waals surface area contributed by atoms with Gasteiger partial charge in [-0.3, -0.25) is 19.3 Å². The quantitative estimate of drug-likeness (QED) is 0.782. The SMILES string of the molecule is Cc1onc(-c2ccccc2Cl)c1C(=O)NC1CCCCC1N1C(=O)CSC1=O. The number of carbonyl (C=O) groups excluding carboxylic acids is 3. The van der Waals surface area contributed by atoms with Gasteiger partial charge in [0.1, 0.15) is 17.0 Å². The summed E-state index contributed by atoms with van der Waals surface area (Å²) in [5, 5.41) is 7.29. The van der Waals surface area contributed by atoms with Crippen LogP contribution >= 0.6 is 23.4 Å². The molecule has 1 aliphatic heterocycles. The van der Waals surface area contributed by atoms with Crippen molar-refractivity contribution in [3.63, 3.8) is 0 Å². The van der Waals surface area contributed by atoms with Crippen LogP contribution in [-0.2, 0) is 4.79 Å². The maximum Gasteiger partial charge on any atom is 0.289 e. The van der Waals surface area contributed by atoms with E-state index in [9.17, 15) is 14.4 Å². The minimum absolute atomic E-state index is 0.164. The first-order valence-electron chi connectivity index (χ1n) is 9.48. The largest absolute Gasteiger partial charge is 0.360 e. The number of benzene rings is 1. The van der Waals surface area contributed by atoms with Gasteiger partial charge in [0.25, 0.3) is 11.1 Å². The molecule has 9 heteroatoms. The van der Waals surface area contributed by atoms with E-state index in [0.29, 0.717) is 40.4 Å². The number of aromatic nitrogens is 1. The van der Waals surface area contributed by atoms with Crippen molar-refractivity contribution in [2.24, 2.45) is 0 Å². The number of halogens is 1. The van der Waals surface area contributed by atoms with Crippen molar-refractivity contribution >= 4 is 40.4 Å². The lowest BCUT2D eigenvalue weighted by atomic mass is 9.89. The molecule has 2 fully saturated rings. The highest BCUT2D eigenvalue weighted by Crippen LogP contribution is 2.33. The molecule has 2 unspecified atom stereocenters. The number of hydrogen-bond acceptors (Lipinski definition) is 6. The van der Waals surface area contributed by atoms with Crippen molar-refractivity contribution in [3.8, 4) is 11.3 Å². The molecular formula is C20H20ClN3O4S. The lowest BCUT2D eigenvalue weighted by Crippen LogP contribution is -2.54. The van der Waals surface area contributed by atoms with E-state index in [1.807, 2.05) is 6.07 Å². The minimum Gasteiger partial charge on any atom is -0.360 e. The highest BCUT2D eigenvalue weighted by molar-refractivity contribution is 8.14. The number of thioether (sulfide) groups is 1. The van der Waals surface area contributed by atoms with E-state index < -0.39 is 0 Å². The Kier molecular flexibility index (Phi) is 5.65. The first kappa shape index (κ1) is 20.0. The highest BCUT2D eigenvalue weighted by atomic mass is 35.5. The number of rotatable bonds is 4. The number of carbonyl (C=O) groups is 3. The molecule has 7 nitrogen and oxygen atoms in total. The first-order valence-corrected chi connectivity index (χ1v) is 10.8. The van der Waals surface area contributed by atoms with Crippen LogP contribution in [0.2, 0.25) is 5.02 Å². The van der Waals surface area contributed by atoms with Crippen LogP contribution < -0.4 is 5.32 Å². The third kappa shape index (κ3) is 3.79. The van der Waals surface area contributed by atoms with E-state index >= 15 is 0 Å². The number of imide groups is 1. The first-order chi connectivity index (χ1) is 14.0. The van der Waals surface area contributed by atoms with Crippen molar-refractivity contribution in [1.29, 1.82) is 0 Å². The van der Waals surface area contributed by atoms with Crippen molar-refractivity contribution in [2.45, 2.75) is 44.7 Å². The second kappa shape index (κ2) is 8.20. The summed E-state index contributed by atoms with van der Waals surface area (Å²) in [6, 6.07) is 6.48. The topological polar surface area (TPSA) is 92.5 Å². The molecule has 1 aromatic carbocycles.